The largest absolute Gasteiger partial charge is 0.465 e. The minimum Gasteiger partial charge on any atom is -0.465 e. The van der Waals surface area contributed by atoms with Gasteiger partial charge in [-0.3, -0.25) is 14.3 Å². The SMILES string of the molecule is COC(=O)c1ccc(C2CCN(C(=O)c3cc(NC(=O)c4cnn(C(C)(C)C)c4-c4ccccc4SC)ccc3Cl)CC2)cc1. The van der Waals surface area contributed by atoms with Gasteiger partial charge in [-0.25, -0.2) is 4.79 Å². The van der Waals surface area contributed by atoms with Crippen LogP contribution in [-0.4, -0.2) is 58.9 Å². The average Bonchev–Trinajstić information content (AvgIpc) is 3.51. The first-order valence-electron chi connectivity index (χ1n) is 14.8. The summed E-state index contributed by atoms with van der Waals surface area (Å²) in [5, 5.41) is 7.92. The molecule has 1 aromatic heterocycles. The molecule has 0 saturated carbocycles. The van der Waals surface area contributed by atoms with E-state index in [1.807, 2.05) is 68.1 Å². The summed E-state index contributed by atoms with van der Waals surface area (Å²) >= 11 is 8.13. The Morgan fingerprint density at radius 1 is 0.978 bits per heavy atom. The Bertz CT molecular complexity index is 1720. The molecule has 1 aliphatic rings. The van der Waals surface area contributed by atoms with Gasteiger partial charge >= 0.3 is 5.97 Å². The van der Waals surface area contributed by atoms with E-state index in [2.05, 4.69) is 10.4 Å². The van der Waals surface area contributed by atoms with Crippen molar-refractivity contribution in [3.63, 3.8) is 0 Å². The lowest BCUT2D eigenvalue weighted by molar-refractivity contribution is 0.0599. The second-order valence-corrected chi connectivity index (χ2v) is 13.3. The van der Waals surface area contributed by atoms with Gasteiger partial charge in [-0.15, -0.1) is 11.8 Å². The van der Waals surface area contributed by atoms with Gasteiger partial charge in [-0.2, -0.15) is 5.10 Å². The van der Waals surface area contributed by atoms with Crippen molar-refractivity contribution in [2.45, 2.75) is 50.0 Å². The Balaban J connectivity index is 1.32. The van der Waals surface area contributed by atoms with E-state index in [-0.39, 0.29) is 29.2 Å². The van der Waals surface area contributed by atoms with Crippen molar-refractivity contribution in [3.05, 3.63) is 100 Å². The number of aromatic nitrogens is 2. The van der Waals surface area contributed by atoms with Gasteiger partial charge < -0.3 is 15.0 Å². The van der Waals surface area contributed by atoms with Crippen molar-refractivity contribution in [2.24, 2.45) is 0 Å². The second-order valence-electron chi connectivity index (χ2n) is 12.0. The molecule has 1 fully saturated rings. The van der Waals surface area contributed by atoms with E-state index in [0.717, 1.165) is 34.6 Å². The maximum atomic E-state index is 13.7. The third-order valence-corrected chi connectivity index (χ3v) is 9.18. The summed E-state index contributed by atoms with van der Waals surface area (Å²) < 4.78 is 6.67. The lowest BCUT2D eigenvalue weighted by atomic mass is 9.88. The van der Waals surface area contributed by atoms with E-state index in [1.165, 1.54) is 7.11 Å². The Morgan fingerprint density at radius 3 is 2.31 bits per heavy atom. The van der Waals surface area contributed by atoms with Crippen molar-refractivity contribution < 1.29 is 19.1 Å². The lowest BCUT2D eigenvalue weighted by Crippen LogP contribution is -2.38. The molecule has 2 heterocycles. The highest BCUT2D eigenvalue weighted by atomic mass is 35.5. The number of methoxy groups -OCH3 is 1. The molecule has 3 aromatic carbocycles. The summed E-state index contributed by atoms with van der Waals surface area (Å²) in [6, 6.07) is 20.4. The molecule has 2 amide bonds. The number of esters is 1. The Kier molecular flexibility index (Phi) is 9.70. The number of nitrogens with one attached hydrogen (secondary N) is 1. The number of amides is 2. The number of halogens is 1. The molecule has 0 spiro atoms. The molecule has 1 saturated heterocycles. The van der Waals surface area contributed by atoms with E-state index in [1.54, 1.807) is 53.2 Å². The molecule has 8 nitrogen and oxygen atoms in total. The molecule has 10 heteroatoms. The number of carbonyl (C=O) groups excluding carboxylic acids is 3. The second kappa shape index (κ2) is 13.5. The van der Waals surface area contributed by atoms with Crippen LogP contribution in [0.1, 0.15) is 76.2 Å². The summed E-state index contributed by atoms with van der Waals surface area (Å²) in [6.07, 6.45) is 5.18. The van der Waals surface area contributed by atoms with E-state index in [9.17, 15) is 14.4 Å². The third kappa shape index (κ3) is 6.94. The summed E-state index contributed by atoms with van der Waals surface area (Å²) in [5.74, 6) is -0.582. The predicted molar refractivity (Wildman–Crippen MR) is 180 cm³/mol. The van der Waals surface area contributed by atoms with E-state index >= 15 is 0 Å². The number of ether oxygens (including phenoxy) is 1. The number of hydrogen-bond acceptors (Lipinski definition) is 6. The first kappa shape index (κ1) is 32.3. The molecule has 45 heavy (non-hydrogen) atoms. The number of piperidine rings is 1. The minimum atomic E-state index is -0.362. The number of thioether (sulfide) groups is 1. The van der Waals surface area contributed by atoms with Crippen LogP contribution >= 0.6 is 23.4 Å². The van der Waals surface area contributed by atoms with Gasteiger partial charge in [-0.1, -0.05) is 41.9 Å². The molecule has 0 bridgehead atoms. The quantitative estimate of drug-likeness (QED) is 0.163. The van der Waals surface area contributed by atoms with Crippen LogP contribution in [0.3, 0.4) is 0 Å². The highest BCUT2D eigenvalue weighted by Crippen LogP contribution is 2.36. The number of rotatable bonds is 7. The average molecular weight is 645 g/mol. The molecule has 1 aliphatic heterocycles. The first-order chi connectivity index (χ1) is 21.5. The summed E-state index contributed by atoms with van der Waals surface area (Å²) in [7, 11) is 1.37. The molecule has 0 aliphatic carbocycles. The fraction of sp³-hybridized carbons (Fsp3) is 0.314. The fourth-order valence-electron chi connectivity index (χ4n) is 5.68. The Labute approximate surface area is 273 Å². The van der Waals surface area contributed by atoms with Crippen LogP contribution in [0, 0.1) is 0 Å². The molecular weight excluding hydrogens is 608 g/mol. The topological polar surface area (TPSA) is 93.5 Å². The van der Waals surface area contributed by atoms with Crippen molar-refractivity contribution in [1.29, 1.82) is 0 Å². The highest BCUT2D eigenvalue weighted by molar-refractivity contribution is 7.98. The van der Waals surface area contributed by atoms with Crippen LogP contribution < -0.4 is 5.32 Å². The Hall–Kier alpha value is -4.08. The molecule has 0 atom stereocenters. The molecule has 234 valence electrons. The van der Waals surface area contributed by atoms with Gasteiger partial charge in [0.1, 0.15) is 0 Å². The van der Waals surface area contributed by atoms with Gasteiger partial charge in [0.05, 0.1) is 46.3 Å². The number of hydrogen-bond donors (Lipinski definition) is 1. The number of nitrogens with zero attached hydrogens (tertiary/aromatic N) is 3. The molecule has 0 unspecified atom stereocenters. The van der Waals surface area contributed by atoms with Gasteiger partial charge in [-0.05, 0) is 87.7 Å². The van der Waals surface area contributed by atoms with E-state index in [0.29, 0.717) is 40.5 Å². The maximum Gasteiger partial charge on any atom is 0.337 e. The number of likely N-dealkylation sites (tertiary alicyclic amines) is 1. The van der Waals surface area contributed by atoms with Crippen LogP contribution in [0.4, 0.5) is 5.69 Å². The maximum absolute atomic E-state index is 13.7. The first-order valence-corrected chi connectivity index (χ1v) is 16.4. The molecular formula is C35H37ClN4O4S. The molecule has 4 aromatic rings. The zero-order chi connectivity index (χ0) is 32.3. The molecule has 5 rings (SSSR count). The van der Waals surface area contributed by atoms with Gasteiger partial charge in [0, 0.05) is 29.2 Å². The summed E-state index contributed by atoms with van der Waals surface area (Å²) in [5.41, 5.74) is 4.20. The van der Waals surface area contributed by atoms with Crippen molar-refractivity contribution in [2.75, 3.05) is 31.8 Å². The van der Waals surface area contributed by atoms with Gasteiger partial charge in [0.25, 0.3) is 11.8 Å². The number of carbonyl (C=O) groups is 3. The number of benzene rings is 3. The van der Waals surface area contributed by atoms with Gasteiger partial charge in [0.2, 0.25) is 0 Å². The van der Waals surface area contributed by atoms with Crippen LogP contribution in [0.2, 0.25) is 5.02 Å². The minimum absolute atomic E-state index is 0.175. The normalized spacial score (nSPS) is 13.9. The monoisotopic (exact) mass is 644 g/mol. The predicted octanol–water partition coefficient (Wildman–Crippen LogP) is 7.74. The van der Waals surface area contributed by atoms with Gasteiger partial charge in [0.15, 0.2) is 0 Å². The van der Waals surface area contributed by atoms with Crippen molar-refractivity contribution in [3.8, 4) is 11.3 Å². The number of anilines is 1. The molecule has 1 N–H and O–H groups in total. The van der Waals surface area contributed by atoms with E-state index in [4.69, 9.17) is 16.3 Å². The summed E-state index contributed by atoms with van der Waals surface area (Å²) in [6.45, 7) is 7.29. The van der Waals surface area contributed by atoms with Crippen molar-refractivity contribution in [1.82, 2.24) is 14.7 Å². The third-order valence-electron chi connectivity index (χ3n) is 8.05. The van der Waals surface area contributed by atoms with Crippen LogP contribution in [-0.2, 0) is 10.3 Å². The Morgan fingerprint density at radius 2 is 1.67 bits per heavy atom. The van der Waals surface area contributed by atoms with Crippen LogP contribution in [0.15, 0.2) is 77.8 Å². The summed E-state index contributed by atoms with van der Waals surface area (Å²) in [4.78, 5) is 42.0. The highest BCUT2D eigenvalue weighted by Gasteiger charge is 2.28. The van der Waals surface area contributed by atoms with Crippen molar-refractivity contribution >= 4 is 46.8 Å². The van der Waals surface area contributed by atoms with Crippen LogP contribution in [0.5, 0.6) is 0 Å². The zero-order valence-corrected chi connectivity index (χ0v) is 27.7. The smallest absolute Gasteiger partial charge is 0.337 e. The standard InChI is InChI=1S/C35H37ClN4O4S/c1-35(2,3)40-31(26-8-6-7-9-30(26)45-5)28(21-37-40)32(41)38-25-14-15-29(36)27(20-25)33(42)39-18-16-23(17-19-39)22-10-12-24(13-11-22)34(43)44-4/h6-15,20-21,23H,16-19H2,1-5H3,(H,38,41). The zero-order valence-electron chi connectivity index (χ0n) is 26.1. The fourth-order valence-corrected chi connectivity index (χ4v) is 6.48. The lowest BCUT2D eigenvalue weighted by Gasteiger charge is -2.32. The van der Waals surface area contributed by atoms with Crippen LogP contribution in [0.25, 0.3) is 11.3 Å². The molecule has 0 radical (unpaired) electrons. The van der Waals surface area contributed by atoms with E-state index < -0.39 is 0 Å².